The predicted molar refractivity (Wildman–Crippen MR) is 121 cm³/mol. The minimum atomic E-state index is 0.0838. The predicted octanol–water partition coefficient (Wildman–Crippen LogP) is 2.87. The number of fused-ring (bicyclic) bond motifs is 2. The van der Waals surface area contributed by atoms with Gasteiger partial charge in [0.2, 0.25) is 5.91 Å². The highest BCUT2D eigenvalue weighted by Crippen LogP contribution is 2.23. The molecule has 7 heteroatoms. The summed E-state index contributed by atoms with van der Waals surface area (Å²) in [5, 5.41) is 7.42. The van der Waals surface area contributed by atoms with Crippen molar-refractivity contribution in [2.75, 3.05) is 13.1 Å². The number of amides is 1. The molecule has 0 saturated heterocycles. The summed E-state index contributed by atoms with van der Waals surface area (Å²) in [5.74, 6) is 1.15. The van der Waals surface area contributed by atoms with Gasteiger partial charge in [0.15, 0.2) is 0 Å². The summed E-state index contributed by atoms with van der Waals surface area (Å²) in [6.45, 7) is 11.1. The Morgan fingerprint density at radius 3 is 2.74 bits per heavy atom. The highest BCUT2D eigenvalue weighted by Gasteiger charge is 2.26. The van der Waals surface area contributed by atoms with E-state index in [9.17, 15) is 4.79 Å². The lowest BCUT2D eigenvalue weighted by Crippen LogP contribution is -2.48. The van der Waals surface area contributed by atoms with Crippen LogP contribution in [0.3, 0.4) is 0 Å². The van der Waals surface area contributed by atoms with Gasteiger partial charge in [-0.3, -0.25) is 9.69 Å². The molecule has 1 aromatic carbocycles. The number of carbonyl (C=O) groups excluding carboxylic acids is 1. The Kier molecular flexibility index (Phi) is 6.32. The molecule has 4 rings (SSSR count). The zero-order chi connectivity index (χ0) is 22.0. The molecule has 31 heavy (non-hydrogen) atoms. The maximum absolute atomic E-state index is 12.7. The second-order valence-electron chi connectivity index (χ2n) is 8.84. The lowest BCUT2D eigenvalue weighted by atomic mass is 9.95. The number of nitrogens with zero attached hydrogens (tertiary/aromatic N) is 5. The molecule has 1 aliphatic rings. The van der Waals surface area contributed by atoms with Gasteiger partial charge in [-0.15, -0.1) is 0 Å². The van der Waals surface area contributed by atoms with E-state index in [1.165, 1.54) is 17.5 Å². The molecular formula is C24H32N6O. The number of hydrogen-bond acceptors (Lipinski definition) is 5. The summed E-state index contributed by atoms with van der Waals surface area (Å²) < 4.78 is 1.74. The van der Waals surface area contributed by atoms with Crippen molar-refractivity contribution in [2.24, 2.45) is 5.92 Å². The third-order valence-electron chi connectivity index (χ3n) is 6.50. The Morgan fingerprint density at radius 2 is 1.97 bits per heavy atom. The lowest BCUT2D eigenvalue weighted by molar-refractivity contribution is -0.121. The number of hydrogen-bond donors (Lipinski definition) is 1. The topological polar surface area (TPSA) is 75.4 Å². The van der Waals surface area contributed by atoms with Crippen LogP contribution in [-0.2, 0) is 24.2 Å². The van der Waals surface area contributed by atoms with Gasteiger partial charge in [-0.1, -0.05) is 38.1 Å². The van der Waals surface area contributed by atoms with Crippen molar-refractivity contribution < 1.29 is 4.79 Å². The van der Waals surface area contributed by atoms with E-state index >= 15 is 0 Å². The summed E-state index contributed by atoms with van der Waals surface area (Å²) in [7, 11) is 0. The summed E-state index contributed by atoms with van der Waals surface area (Å²) in [5.41, 5.74) is 5.85. The molecule has 7 nitrogen and oxygen atoms in total. The quantitative estimate of drug-likeness (QED) is 0.636. The number of carbonyl (C=O) groups is 1. The van der Waals surface area contributed by atoms with E-state index in [0.29, 0.717) is 37.1 Å². The molecule has 1 amide bonds. The van der Waals surface area contributed by atoms with Gasteiger partial charge in [0.1, 0.15) is 6.33 Å². The van der Waals surface area contributed by atoms with Crippen molar-refractivity contribution in [1.29, 1.82) is 0 Å². The van der Waals surface area contributed by atoms with Crippen molar-refractivity contribution in [3.8, 4) is 0 Å². The third-order valence-corrected chi connectivity index (χ3v) is 6.50. The van der Waals surface area contributed by atoms with Gasteiger partial charge in [0.25, 0.3) is 5.78 Å². The van der Waals surface area contributed by atoms with Crippen molar-refractivity contribution in [2.45, 2.75) is 59.5 Å². The van der Waals surface area contributed by atoms with Crippen molar-refractivity contribution in [1.82, 2.24) is 29.8 Å². The largest absolute Gasteiger partial charge is 0.355 e. The molecule has 0 unspecified atom stereocenters. The average molecular weight is 421 g/mol. The monoisotopic (exact) mass is 420 g/mol. The summed E-state index contributed by atoms with van der Waals surface area (Å²) in [4.78, 5) is 23.9. The molecule has 3 aromatic rings. The van der Waals surface area contributed by atoms with Gasteiger partial charge < -0.3 is 5.32 Å². The number of aryl methyl sites for hydroxylation is 2. The first-order chi connectivity index (χ1) is 14.9. The Hall–Kier alpha value is -2.80. The van der Waals surface area contributed by atoms with Crippen molar-refractivity contribution in [3.63, 3.8) is 0 Å². The molecule has 1 aliphatic heterocycles. The smallest absolute Gasteiger partial charge is 0.252 e. The van der Waals surface area contributed by atoms with Crippen molar-refractivity contribution >= 4 is 11.7 Å². The SMILES string of the molecule is Cc1nc2ncnn2c(C)c1CCC(=O)NC[C@@H](C(C)C)N1CCc2ccccc2C1. The zero-order valence-electron chi connectivity index (χ0n) is 18.9. The maximum Gasteiger partial charge on any atom is 0.252 e. The van der Waals surface area contributed by atoms with Crippen LogP contribution in [0.2, 0.25) is 0 Å². The highest BCUT2D eigenvalue weighted by molar-refractivity contribution is 5.76. The number of nitrogens with one attached hydrogen (secondary N) is 1. The Morgan fingerprint density at radius 1 is 1.19 bits per heavy atom. The zero-order valence-corrected chi connectivity index (χ0v) is 18.9. The fourth-order valence-electron chi connectivity index (χ4n) is 4.65. The molecular weight excluding hydrogens is 388 g/mol. The van der Waals surface area contributed by atoms with Gasteiger partial charge in [-0.2, -0.15) is 10.1 Å². The molecule has 1 atom stereocenters. The minimum absolute atomic E-state index is 0.0838. The molecule has 1 N–H and O–H groups in total. The van der Waals surface area contributed by atoms with E-state index in [0.717, 1.165) is 36.5 Å². The van der Waals surface area contributed by atoms with E-state index in [-0.39, 0.29) is 5.91 Å². The van der Waals surface area contributed by atoms with Crippen LogP contribution in [0.15, 0.2) is 30.6 Å². The van der Waals surface area contributed by atoms with Crippen LogP contribution in [0, 0.1) is 19.8 Å². The third kappa shape index (κ3) is 4.61. The molecule has 0 aliphatic carbocycles. The van der Waals surface area contributed by atoms with E-state index in [2.05, 4.69) is 63.4 Å². The van der Waals surface area contributed by atoms with Gasteiger partial charge in [0.05, 0.1) is 0 Å². The molecule has 2 aromatic heterocycles. The molecule has 3 heterocycles. The fourth-order valence-corrected chi connectivity index (χ4v) is 4.65. The summed E-state index contributed by atoms with van der Waals surface area (Å²) in [6.07, 6.45) is 3.67. The molecule has 0 fully saturated rings. The standard InChI is InChI=1S/C24H32N6O/c1-16(2)22(29-12-11-19-7-5-6-8-20(19)14-29)13-25-23(31)10-9-21-17(3)28-24-26-15-27-30(24)18(21)4/h5-8,15-16,22H,9-14H2,1-4H3,(H,25,31)/t22-/m0/s1. The van der Waals surface area contributed by atoms with Crippen LogP contribution in [0.25, 0.3) is 5.78 Å². The lowest BCUT2D eigenvalue weighted by Gasteiger charge is -2.38. The van der Waals surface area contributed by atoms with Crippen LogP contribution >= 0.6 is 0 Å². The number of benzene rings is 1. The normalized spacial score (nSPS) is 15.3. The molecule has 0 spiro atoms. The van der Waals surface area contributed by atoms with E-state index < -0.39 is 0 Å². The van der Waals surface area contributed by atoms with Crippen LogP contribution < -0.4 is 5.32 Å². The molecule has 0 saturated carbocycles. The Balaban J connectivity index is 1.35. The van der Waals surface area contributed by atoms with Gasteiger partial charge >= 0.3 is 0 Å². The second kappa shape index (κ2) is 9.14. The summed E-state index contributed by atoms with van der Waals surface area (Å²) in [6, 6.07) is 9.02. The van der Waals surface area contributed by atoms with E-state index in [1.54, 1.807) is 4.52 Å². The van der Waals surface area contributed by atoms with Crippen LogP contribution in [0.4, 0.5) is 0 Å². The van der Waals surface area contributed by atoms with Crippen LogP contribution in [0.1, 0.15) is 48.3 Å². The van der Waals surface area contributed by atoms with E-state index in [4.69, 9.17) is 0 Å². The Labute approximate surface area is 183 Å². The Bertz CT molecular complexity index is 1070. The molecule has 0 bridgehead atoms. The second-order valence-corrected chi connectivity index (χ2v) is 8.84. The average Bonchev–Trinajstić information content (AvgIpc) is 3.22. The highest BCUT2D eigenvalue weighted by atomic mass is 16.1. The van der Waals surface area contributed by atoms with Gasteiger partial charge in [-0.25, -0.2) is 9.50 Å². The number of rotatable bonds is 7. The molecule has 0 radical (unpaired) electrons. The van der Waals surface area contributed by atoms with Gasteiger partial charge in [-0.05, 0) is 49.3 Å². The fraction of sp³-hybridized carbons (Fsp3) is 0.500. The first-order valence-corrected chi connectivity index (χ1v) is 11.2. The minimum Gasteiger partial charge on any atom is -0.355 e. The summed E-state index contributed by atoms with van der Waals surface area (Å²) >= 11 is 0. The van der Waals surface area contributed by atoms with Crippen molar-refractivity contribution in [3.05, 3.63) is 58.7 Å². The molecule has 164 valence electrons. The van der Waals surface area contributed by atoms with Gasteiger partial charge in [0, 0.05) is 43.5 Å². The van der Waals surface area contributed by atoms with Crippen LogP contribution in [-0.4, -0.2) is 49.5 Å². The number of aromatic nitrogens is 4. The van der Waals surface area contributed by atoms with E-state index in [1.807, 2.05) is 13.8 Å². The maximum atomic E-state index is 12.7. The first-order valence-electron chi connectivity index (χ1n) is 11.2. The first kappa shape index (κ1) is 21.4. The van der Waals surface area contributed by atoms with Crippen LogP contribution in [0.5, 0.6) is 0 Å².